The minimum Gasteiger partial charge on any atom is -0.493 e. The van der Waals surface area contributed by atoms with Crippen molar-refractivity contribution in [2.45, 2.75) is 25.9 Å². The lowest BCUT2D eigenvalue weighted by Gasteiger charge is -2.23. The van der Waals surface area contributed by atoms with Gasteiger partial charge in [-0.05, 0) is 31.0 Å². The lowest BCUT2D eigenvalue weighted by molar-refractivity contribution is 0.0901. The van der Waals surface area contributed by atoms with E-state index in [1.807, 2.05) is 0 Å². The first-order valence-corrected chi connectivity index (χ1v) is 8.01. The summed E-state index contributed by atoms with van der Waals surface area (Å²) in [7, 11) is 0. The van der Waals surface area contributed by atoms with Gasteiger partial charge in [-0.2, -0.15) is 0 Å². The van der Waals surface area contributed by atoms with Gasteiger partial charge >= 0.3 is 0 Å². The Labute approximate surface area is 135 Å². The Bertz CT molecular complexity index is 604. The predicted molar refractivity (Wildman–Crippen MR) is 84.6 cm³/mol. The molecule has 0 amide bonds. The van der Waals surface area contributed by atoms with Gasteiger partial charge in [-0.15, -0.1) is 0 Å². The smallest absolute Gasteiger partial charge is 0.123 e. The second-order valence-electron chi connectivity index (χ2n) is 5.67. The number of nitrogens with one attached hydrogen (secondary N) is 1. The molecule has 0 fully saturated rings. The summed E-state index contributed by atoms with van der Waals surface area (Å²) in [4.78, 5) is 9.56. The summed E-state index contributed by atoms with van der Waals surface area (Å²) in [5.74, 6) is 1.40. The van der Waals surface area contributed by atoms with E-state index in [0.29, 0.717) is 26.3 Å². The maximum Gasteiger partial charge on any atom is 0.123 e. The van der Waals surface area contributed by atoms with Crippen molar-refractivity contribution in [3.05, 3.63) is 47.8 Å². The van der Waals surface area contributed by atoms with Crippen LogP contribution in [0.25, 0.3) is 0 Å². The van der Waals surface area contributed by atoms with E-state index in [4.69, 9.17) is 9.47 Å². The van der Waals surface area contributed by atoms with Crippen LogP contribution < -0.4 is 4.74 Å². The van der Waals surface area contributed by atoms with Gasteiger partial charge in [0.05, 0.1) is 19.8 Å². The van der Waals surface area contributed by atoms with E-state index in [1.165, 1.54) is 6.07 Å². The van der Waals surface area contributed by atoms with E-state index in [9.17, 15) is 4.39 Å². The fourth-order valence-electron chi connectivity index (χ4n) is 2.65. The second-order valence-corrected chi connectivity index (χ2v) is 5.67. The topological polar surface area (TPSA) is 50.4 Å². The molecule has 0 saturated heterocycles. The quantitative estimate of drug-likeness (QED) is 0.925. The summed E-state index contributed by atoms with van der Waals surface area (Å²) >= 11 is 0. The highest BCUT2D eigenvalue weighted by Gasteiger charge is 2.14. The van der Waals surface area contributed by atoms with Crippen LogP contribution in [-0.4, -0.2) is 41.2 Å². The largest absolute Gasteiger partial charge is 0.493 e. The highest BCUT2D eigenvalue weighted by molar-refractivity contribution is 5.34. The number of aromatic nitrogens is 2. The van der Waals surface area contributed by atoms with Crippen molar-refractivity contribution < 1.29 is 13.9 Å². The van der Waals surface area contributed by atoms with E-state index >= 15 is 0 Å². The first-order valence-electron chi connectivity index (χ1n) is 8.01. The third-order valence-corrected chi connectivity index (χ3v) is 3.84. The lowest BCUT2D eigenvalue weighted by atomic mass is 10.1. The maximum atomic E-state index is 13.6. The molecule has 0 unspecified atom stereocenters. The van der Waals surface area contributed by atoms with Gasteiger partial charge in [0.1, 0.15) is 17.4 Å². The predicted octanol–water partition coefficient (Wildman–Crippen LogP) is 2.74. The average molecular weight is 319 g/mol. The van der Waals surface area contributed by atoms with Crippen molar-refractivity contribution in [2.75, 3.05) is 26.4 Å². The summed E-state index contributed by atoms with van der Waals surface area (Å²) in [5, 5.41) is 0. The van der Waals surface area contributed by atoms with E-state index in [0.717, 1.165) is 43.1 Å². The minimum atomic E-state index is -0.242. The molecule has 0 radical (unpaired) electrons. The Balaban J connectivity index is 1.78. The summed E-state index contributed by atoms with van der Waals surface area (Å²) in [6.45, 7) is 4.04. The maximum absolute atomic E-state index is 13.6. The number of ether oxygens (including phenoxy) is 2. The first-order chi connectivity index (χ1) is 11.3. The summed E-state index contributed by atoms with van der Waals surface area (Å²) in [6.07, 6.45) is 5.44. The molecule has 1 aromatic heterocycles. The minimum absolute atomic E-state index is 0.242. The summed E-state index contributed by atoms with van der Waals surface area (Å²) in [6, 6.07) is 4.72. The molecule has 23 heavy (non-hydrogen) atoms. The van der Waals surface area contributed by atoms with Crippen molar-refractivity contribution in [1.29, 1.82) is 0 Å². The van der Waals surface area contributed by atoms with Gasteiger partial charge in [-0.1, -0.05) is 0 Å². The zero-order chi connectivity index (χ0) is 15.9. The van der Waals surface area contributed by atoms with E-state index < -0.39 is 0 Å². The van der Waals surface area contributed by atoms with Crippen LogP contribution in [0.3, 0.4) is 0 Å². The van der Waals surface area contributed by atoms with Gasteiger partial charge in [0.2, 0.25) is 0 Å². The number of hydrogen-bond donors (Lipinski definition) is 1. The van der Waals surface area contributed by atoms with E-state index in [-0.39, 0.29) is 5.82 Å². The van der Waals surface area contributed by atoms with Crippen LogP contribution >= 0.6 is 0 Å². The van der Waals surface area contributed by atoms with Crippen molar-refractivity contribution in [3.63, 3.8) is 0 Å². The van der Waals surface area contributed by atoms with Gasteiger partial charge in [0.25, 0.3) is 0 Å². The number of hydrogen-bond acceptors (Lipinski definition) is 4. The standard InChI is InChI=1S/C17H22FN3O2/c18-15-3-4-16-14(11-15)12-21(13-17-19-5-6-20-17)7-10-22-8-1-2-9-23-16/h3-6,11H,1-2,7-10,12-13H2,(H,19,20). The normalized spacial score (nSPS) is 17.6. The van der Waals surface area contributed by atoms with Crippen LogP contribution in [0.1, 0.15) is 24.2 Å². The molecule has 0 atom stereocenters. The highest BCUT2D eigenvalue weighted by atomic mass is 19.1. The van der Waals surface area contributed by atoms with Gasteiger partial charge in [0.15, 0.2) is 0 Å². The highest BCUT2D eigenvalue weighted by Crippen LogP contribution is 2.23. The van der Waals surface area contributed by atoms with Crippen LogP contribution in [0, 0.1) is 5.82 Å². The second kappa shape index (κ2) is 8.08. The molecule has 2 heterocycles. The zero-order valence-electron chi connectivity index (χ0n) is 13.1. The van der Waals surface area contributed by atoms with E-state index in [1.54, 1.807) is 24.5 Å². The number of imidazole rings is 1. The van der Waals surface area contributed by atoms with Gasteiger partial charge < -0.3 is 14.5 Å². The van der Waals surface area contributed by atoms with Crippen LogP contribution in [-0.2, 0) is 17.8 Å². The van der Waals surface area contributed by atoms with Crippen LogP contribution in [0.2, 0.25) is 0 Å². The van der Waals surface area contributed by atoms with E-state index in [2.05, 4.69) is 14.9 Å². The Kier molecular flexibility index (Phi) is 5.60. The number of fused-ring (bicyclic) bond motifs is 1. The molecule has 0 bridgehead atoms. The van der Waals surface area contributed by atoms with Crippen LogP contribution in [0.5, 0.6) is 5.75 Å². The fourth-order valence-corrected chi connectivity index (χ4v) is 2.65. The number of H-pyrrole nitrogens is 1. The molecule has 0 spiro atoms. The fraction of sp³-hybridized carbons (Fsp3) is 0.471. The van der Waals surface area contributed by atoms with Crippen molar-refractivity contribution >= 4 is 0 Å². The molecule has 1 aliphatic rings. The number of halogens is 1. The average Bonchev–Trinajstić information content (AvgIpc) is 3.03. The molecule has 6 heteroatoms. The molecular weight excluding hydrogens is 297 g/mol. The molecule has 124 valence electrons. The van der Waals surface area contributed by atoms with Gasteiger partial charge in [-0.25, -0.2) is 9.37 Å². The molecule has 0 aliphatic carbocycles. The lowest BCUT2D eigenvalue weighted by Crippen LogP contribution is -2.28. The van der Waals surface area contributed by atoms with Crippen LogP contribution in [0.4, 0.5) is 4.39 Å². The summed E-state index contributed by atoms with van der Waals surface area (Å²) < 4.78 is 25.1. The van der Waals surface area contributed by atoms with Gasteiger partial charge in [0, 0.05) is 37.7 Å². The number of nitrogens with zero attached hydrogens (tertiary/aromatic N) is 2. The Morgan fingerprint density at radius 3 is 3.00 bits per heavy atom. The third kappa shape index (κ3) is 4.77. The number of benzene rings is 1. The number of rotatable bonds is 2. The van der Waals surface area contributed by atoms with Crippen molar-refractivity contribution in [3.8, 4) is 5.75 Å². The summed E-state index contributed by atoms with van der Waals surface area (Å²) in [5.41, 5.74) is 0.858. The first kappa shape index (κ1) is 16.0. The monoisotopic (exact) mass is 319 g/mol. The van der Waals surface area contributed by atoms with Crippen LogP contribution in [0.15, 0.2) is 30.6 Å². The molecule has 0 saturated carbocycles. The molecule has 1 aliphatic heterocycles. The molecule has 5 nitrogen and oxygen atoms in total. The molecule has 3 rings (SSSR count). The third-order valence-electron chi connectivity index (χ3n) is 3.84. The number of aromatic amines is 1. The molecule has 2 aromatic rings. The Morgan fingerprint density at radius 1 is 1.22 bits per heavy atom. The van der Waals surface area contributed by atoms with Crippen molar-refractivity contribution in [1.82, 2.24) is 14.9 Å². The zero-order valence-corrected chi connectivity index (χ0v) is 13.1. The molecule has 1 N–H and O–H groups in total. The molecular formula is C17H22FN3O2. The Hall–Kier alpha value is -1.92. The Morgan fingerprint density at radius 2 is 2.13 bits per heavy atom. The van der Waals surface area contributed by atoms with Gasteiger partial charge in [-0.3, -0.25) is 4.90 Å². The SMILES string of the molecule is Fc1ccc2c(c1)CN(Cc1ncc[nH]1)CCOCCCCO2. The van der Waals surface area contributed by atoms with Crippen molar-refractivity contribution in [2.24, 2.45) is 0 Å². The molecule has 1 aromatic carbocycles.